The van der Waals surface area contributed by atoms with Gasteiger partial charge in [-0.15, -0.1) is 0 Å². The topological polar surface area (TPSA) is 24.4 Å². The van der Waals surface area contributed by atoms with Gasteiger partial charge in [-0.05, 0) is 34.2 Å². The number of nitrogens with one attached hydrogen (secondary N) is 1. The number of thiophene rings is 1. The van der Waals surface area contributed by atoms with Gasteiger partial charge >= 0.3 is 0 Å². The van der Waals surface area contributed by atoms with Crippen LogP contribution in [0.4, 0.5) is 0 Å². The molecule has 88 valence electrons. The second kappa shape index (κ2) is 5.23. The van der Waals surface area contributed by atoms with Crippen molar-refractivity contribution in [3.8, 4) is 0 Å². The molecule has 0 aliphatic carbocycles. The summed E-state index contributed by atoms with van der Waals surface area (Å²) in [6.07, 6.45) is 1.09. The highest BCUT2D eigenvalue weighted by atomic mass is 32.2. The minimum Gasteiger partial charge on any atom is -0.365 e. The lowest BCUT2D eigenvalue weighted by Gasteiger charge is -2.27. The van der Waals surface area contributed by atoms with E-state index in [1.54, 1.807) is 11.3 Å². The van der Waals surface area contributed by atoms with Crippen LogP contribution in [0.2, 0.25) is 0 Å². The van der Waals surface area contributed by atoms with Crippen molar-refractivity contribution in [3.05, 3.63) is 22.4 Å². The maximum atomic E-state index is 4.57. The number of aliphatic imine (C=N–C) groups is 1. The molecule has 1 aliphatic rings. The van der Waals surface area contributed by atoms with E-state index in [-0.39, 0.29) is 0 Å². The molecule has 0 unspecified atom stereocenters. The molecule has 0 fully saturated rings. The molecule has 1 aromatic rings. The summed E-state index contributed by atoms with van der Waals surface area (Å²) in [4.78, 5) is 4.57. The van der Waals surface area contributed by atoms with Crippen LogP contribution in [0.5, 0.6) is 0 Å². The monoisotopic (exact) mass is 254 g/mol. The van der Waals surface area contributed by atoms with Crippen LogP contribution in [0, 0.1) is 5.41 Å². The molecule has 0 bridgehead atoms. The second-order valence-corrected chi connectivity index (χ2v) is 6.63. The molecule has 0 aromatic carbocycles. The highest BCUT2D eigenvalue weighted by Gasteiger charge is 2.22. The fourth-order valence-corrected chi connectivity index (χ4v) is 3.18. The molecule has 0 radical (unpaired) electrons. The van der Waals surface area contributed by atoms with Gasteiger partial charge in [0, 0.05) is 18.8 Å². The number of rotatable bonds is 3. The normalized spacial score (nSPS) is 19.2. The SMILES string of the molecule is CC1(C)CN=C(NCCc2ccsc2)SC1. The fraction of sp³-hybridized carbons (Fsp3) is 0.583. The van der Waals surface area contributed by atoms with E-state index in [1.807, 2.05) is 11.8 Å². The molecule has 1 aromatic heterocycles. The fourth-order valence-electron chi connectivity index (χ4n) is 1.50. The first-order valence-corrected chi connectivity index (χ1v) is 7.51. The molecule has 0 atom stereocenters. The summed E-state index contributed by atoms with van der Waals surface area (Å²) in [6, 6.07) is 2.19. The van der Waals surface area contributed by atoms with Crippen molar-refractivity contribution in [2.45, 2.75) is 20.3 Å². The minimum absolute atomic E-state index is 0.364. The van der Waals surface area contributed by atoms with E-state index in [0.29, 0.717) is 5.41 Å². The van der Waals surface area contributed by atoms with Gasteiger partial charge in [-0.3, -0.25) is 4.99 Å². The van der Waals surface area contributed by atoms with Crippen molar-refractivity contribution >= 4 is 28.3 Å². The molecule has 1 N–H and O–H groups in total. The van der Waals surface area contributed by atoms with Crippen LogP contribution in [0.1, 0.15) is 19.4 Å². The lowest BCUT2D eigenvalue weighted by molar-refractivity contribution is 0.437. The standard InChI is InChI=1S/C12H18N2S2/c1-12(2)8-14-11(16-9-12)13-5-3-10-4-6-15-7-10/h4,6-7H,3,5,8-9H2,1-2H3,(H,13,14). The van der Waals surface area contributed by atoms with Gasteiger partial charge in [0.05, 0.1) is 0 Å². The van der Waals surface area contributed by atoms with Gasteiger partial charge in [0.2, 0.25) is 0 Å². The average Bonchev–Trinajstić information content (AvgIpc) is 2.73. The lowest BCUT2D eigenvalue weighted by Crippen LogP contribution is -2.32. The molecule has 0 spiro atoms. The molecule has 2 rings (SSSR count). The predicted molar refractivity (Wildman–Crippen MR) is 74.6 cm³/mol. The van der Waals surface area contributed by atoms with Crippen LogP contribution in [0.15, 0.2) is 21.8 Å². The molecule has 16 heavy (non-hydrogen) atoms. The van der Waals surface area contributed by atoms with Crippen LogP contribution in [0.3, 0.4) is 0 Å². The second-order valence-electron chi connectivity index (χ2n) is 4.88. The number of hydrogen-bond acceptors (Lipinski definition) is 4. The van der Waals surface area contributed by atoms with Gasteiger partial charge in [0.1, 0.15) is 0 Å². The zero-order chi connectivity index (χ0) is 11.4. The molecule has 0 saturated heterocycles. The van der Waals surface area contributed by atoms with Gasteiger partial charge in [-0.25, -0.2) is 0 Å². The Bertz CT molecular complexity index is 355. The minimum atomic E-state index is 0.364. The summed E-state index contributed by atoms with van der Waals surface area (Å²) in [6.45, 7) is 6.47. The third-order valence-electron chi connectivity index (χ3n) is 2.52. The number of nitrogens with zero attached hydrogens (tertiary/aromatic N) is 1. The van der Waals surface area contributed by atoms with E-state index >= 15 is 0 Å². The van der Waals surface area contributed by atoms with Crippen molar-refractivity contribution in [1.29, 1.82) is 0 Å². The Kier molecular flexibility index (Phi) is 3.92. The average molecular weight is 254 g/mol. The smallest absolute Gasteiger partial charge is 0.156 e. The van der Waals surface area contributed by atoms with E-state index in [2.05, 4.69) is 41.0 Å². The zero-order valence-electron chi connectivity index (χ0n) is 9.82. The summed E-state index contributed by atoms with van der Waals surface area (Å²) in [7, 11) is 0. The van der Waals surface area contributed by atoms with Gasteiger partial charge < -0.3 is 5.32 Å². The van der Waals surface area contributed by atoms with Crippen molar-refractivity contribution < 1.29 is 0 Å². The Balaban J connectivity index is 1.73. The summed E-state index contributed by atoms with van der Waals surface area (Å²) < 4.78 is 0. The first-order valence-electron chi connectivity index (χ1n) is 5.58. The lowest BCUT2D eigenvalue weighted by atomic mass is 9.97. The van der Waals surface area contributed by atoms with Gasteiger partial charge in [0.25, 0.3) is 0 Å². The molecule has 4 heteroatoms. The van der Waals surface area contributed by atoms with Gasteiger partial charge in [-0.2, -0.15) is 11.3 Å². The van der Waals surface area contributed by atoms with E-state index in [1.165, 1.54) is 5.56 Å². The molecule has 0 amide bonds. The van der Waals surface area contributed by atoms with E-state index in [4.69, 9.17) is 0 Å². The Morgan fingerprint density at radius 1 is 1.50 bits per heavy atom. The molecule has 2 heterocycles. The summed E-state index contributed by atoms with van der Waals surface area (Å²) in [5, 5.41) is 8.87. The van der Waals surface area contributed by atoms with E-state index in [9.17, 15) is 0 Å². The van der Waals surface area contributed by atoms with Crippen molar-refractivity contribution in [3.63, 3.8) is 0 Å². The van der Waals surface area contributed by atoms with Crippen molar-refractivity contribution in [2.24, 2.45) is 10.4 Å². The Morgan fingerprint density at radius 2 is 2.38 bits per heavy atom. The van der Waals surface area contributed by atoms with E-state index < -0.39 is 0 Å². The summed E-state index contributed by atoms with van der Waals surface area (Å²) in [5.74, 6) is 1.16. The first-order chi connectivity index (χ1) is 7.66. The third kappa shape index (κ3) is 3.52. The molecule has 1 aliphatic heterocycles. The first kappa shape index (κ1) is 12.0. The number of hydrogen-bond donors (Lipinski definition) is 1. The molecular formula is C12H18N2S2. The Hall–Kier alpha value is -0.480. The molecule has 2 nitrogen and oxygen atoms in total. The Labute approximate surface area is 106 Å². The number of amidine groups is 1. The van der Waals surface area contributed by atoms with Crippen molar-refractivity contribution in [1.82, 2.24) is 5.32 Å². The third-order valence-corrected chi connectivity index (χ3v) is 4.73. The van der Waals surface area contributed by atoms with E-state index in [0.717, 1.165) is 30.4 Å². The van der Waals surface area contributed by atoms with Crippen LogP contribution in [-0.2, 0) is 6.42 Å². The molecule has 0 saturated carbocycles. The van der Waals surface area contributed by atoms with Crippen LogP contribution in [-0.4, -0.2) is 24.0 Å². The highest BCUT2D eigenvalue weighted by Crippen LogP contribution is 2.26. The maximum Gasteiger partial charge on any atom is 0.156 e. The summed E-state index contributed by atoms with van der Waals surface area (Å²) in [5.41, 5.74) is 1.78. The van der Waals surface area contributed by atoms with Crippen LogP contribution in [0.25, 0.3) is 0 Å². The largest absolute Gasteiger partial charge is 0.365 e. The quantitative estimate of drug-likeness (QED) is 0.896. The van der Waals surface area contributed by atoms with Crippen LogP contribution < -0.4 is 5.32 Å². The number of thioether (sulfide) groups is 1. The highest BCUT2D eigenvalue weighted by molar-refractivity contribution is 8.13. The van der Waals surface area contributed by atoms with Gasteiger partial charge in [-0.1, -0.05) is 25.6 Å². The maximum absolute atomic E-state index is 4.57. The zero-order valence-corrected chi connectivity index (χ0v) is 11.5. The Morgan fingerprint density at radius 3 is 3.00 bits per heavy atom. The molecular weight excluding hydrogens is 236 g/mol. The van der Waals surface area contributed by atoms with Crippen molar-refractivity contribution in [2.75, 3.05) is 18.8 Å². The van der Waals surface area contributed by atoms with Crippen LogP contribution >= 0.6 is 23.1 Å². The summed E-state index contributed by atoms with van der Waals surface area (Å²) >= 11 is 3.61. The predicted octanol–water partition coefficient (Wildman–Crippen LogP) is 3.01. The van der Waals surface area contributed by atoms with Gasteiger partial charge in [0.15, 0.2) is 5.17 Å².